The number of hydrogen-bond donors (Lipinski definition) is 1. The van der Waals surface area contributed by atoms with Gasteiger partial charge in [-0.15, -0.1) is 0 Å². The molecular formula is C14H19F2NO2S. The van der Waals surface area contributed by atoms with E-state index in [2.05, 4.69) is 0 Å². The maximum Gasteiger partial charge on any atom is 0.288 e. The van der Waals surface area contributed by atoms with Crippen LogP contribution in [-0.4, -0.2) is 40.4 Å². The molecule has 3 nitrogen and oxygen atoms in total. The highest BCUT2D eigenvalue weighted by Gasteiger charge is 2.20. The second-order valence-corrected chi connectivity index (χ2v) is 5.87. The van der Waals surface area contributed by atoms with Gasteiger partial charge in [0.15, 0.2) is 0 Å². The Kier molecular flexibility index (Phi) is 6.42. The van der Waals surface area contributed by atoms with E-state index < -0.39 is 11.9 Å². The van der Waals surface area contributed by atoms with E-state index in [9.17, 15) is 18.7 Å². The predicted molar refractivity (Wildman–Crippen MR) is 76.2 cm³/mol. The Morgan fingerprint density at radius 1 is 1.25 bits per heavy atom. The number of aliphatic hydroxyl groups excluding tert-OH is 1. The first-order chi connectivity index (χ1) is 9.31. The van der Waals surface area contributed by atoms with E-state index >= 15 is 0 Å². The Bertz CT molecular complexity index is 435. The minimum Gasteiger partial charge on any atom is -0.392 e. The molecule has 0 aliphatic rings. The summed E-state index contributed by atoms with van der Waals surface area (Å²) in [5.74, 6) is -2.69. The molecule has 1 N–H and O–H groups in total. The first-order valence-electron chi connectivity index (χ1n) is 6.35. The quantitative estimate of drug-likeness (QED) is 0.820. The number of carbonyl (C=O) groups excluding carboxylic acids is 1. The third-order valence-corrected chi connectivity index (χ3v) is 3.39. The van der Waals surface area contributed by atoms with Crippen LogP contribution >= 0.6 is 11.8 Å². The van der Waals surface area contributed by atoms with Gasteiger partial charge in [-0.05, 0) is 45.0 Å². The van der Waals surface area contributed by atoms with E-state index in [4.69, 9.17) is 0 Å². The molecule has 0 fully saturated rings. The number of benzene rings is 1. The van der Waals surface area contributed by atoms with Gasteiger partial charge in [-0.2, -0.15) is 8.78 Å². The van der Waals surface area contributed by atoms with Crippen molar-refractivity contribution in [1.29, 1.82) is 0 Å². The molecule has 1 aromatic carbocycles. The lowest BCUT2D eigenvalue weighted by Gasteiger charge is -2.28. The fourth-order valence-electron chi connectivity index (χ4n) is 1.76. The van der Waals surface area contributed by atoms with Crippen molar-refractivity contribution in [3.8, 4) is 0 Å². The summed E-state index contributed by atoms with van der Waals surface area (Å²) in [7, 11) is 0. The van der Waals surface area contributed by atoms with Crippen LogP contribution in [0.3, 0.4) is 0 Å². The van der Waals surface area contributed by atoms with Crippen LogP contribution in [0.25, 0.3) is 0 Å². The molecule has 0 bridgehead atoms. The van der Waals surface area contributed by atoms with Gasteiger partial charge in [0.25, 0.3) is 11.7 Å². The van der Waals surface area contributed by atoms with Crippen molar-refractivity contribution in [3.63, 3.8) is 0 Å². The van der Waals surface area contributed by atoms with Crippen LogP contribution in [0.1, 0.15) is 31.1 Å². The maximum atomic E-state index is 12.3. The highest BCUT2D eigenvalue weighted by molar-refractivity contribution is 7.99. The number of thioether (sulfide) groups is 1. The summed E-state index contributed by atoms with van der Waals surface area (Å²) in [6.07, 6.45) is -0.616. The summed E-state index contributed by atoms with van der Waals surface area (Å²) in [4.78, 5) is 14.3. The minimum atomic E-state index is -2.47. The highest BCUT2D eigenvalue weighted by Crippen LogP contribution is 2.25. The zero-order valence-electron chi connectivity index (χ0n) is 11.7. The van der Waals surface area contributed by atoms with Crippen LogP contribution in [0.15, 0.2) is 29.2 Å². The van der Waals surface area contributed by atoms with E-state index in [1.165, 1.54) is 24.3 Å². The molecule has 0 saturated carbocycles. The Morgan fingerprint density at radius 3 is 2.20 bits per heavy atom. The summed E-state index contributed by atoms with van der Waals surface area (Å²) < 4.78 is 24.4. The number of halogens is 2. The number of amides is 1. The van der Waals surface area contributed by atoms with Gasteiger partial charge in [-0.1, -0.05) is 11.8 Å². The van der Waals surface area contributed by atoms with Crippen molar-refractivity contribution < 1.29 is 18.7 Å². The van der Waals surface area contributed by atoms with Crippen LogP contribution < -0.4 is 0 Å². The molecular weight excluding hydrogens is 284 g/mol. The van der Waals surface area contributed by atoms with Gasteiger partial charge >= 0.3 is 0 Å². The summed E-state index contributed by atoms with van der Waals surface area (Å²) in [5, 5.41) is 9.43. The van der Waals surface area contributed by atoms with Crippen molar-refractivity contribution >= 4 is 17.7 Å². The van der Waals surface area contributed by atoms with E-state index in [1.807, 2.05) is 13.8 Å². The number of nitrogens with zero attached hydrogens (tertiary/aromatic N) is 1. The van der Waals surface area contributed by atoms with Gasteiger partial charge in [0.2, 0.25) is 0 Å². The number of aliphatic hydroxyl groups is 1. The largest absolute Gasteiger partial charge is 0.392 e. The fourth-order valence-corrected chi connectivity index (χ4v) is 2.26. The van der Waals surface area contributed by atoms with Crippen molar-refractivity contribution in [2.24, 2.45) is 0 Å². The fraction of sp³-hybridized carbons (Fsp3) is 0.500. The maximum absolute atomic E-state index is 12.3. The first-order valence-corrected chi connectivity index (χ1v) is 7.23. The molecule has 0 aliphatic heterocycles. The van der Waals surface area contributed by atoms with Crippen LogP contribution in [0.4, 0.5) is 8.78 Å². The molecule has 0 spiro atoms. The summed E-state index contributed by atoms with van der Waals surface area (Å²) in [6.45, 7) is 5.58. The topological polar surface area (TPSA) is 40.5 Å². The number of rotatable bonds is 6. The van der Waals surface area contributed by atoms with E-state index in [0.29, 0.717) is 22.2 Å². The SMILES string of the molecule is CC(O)CN(C(=O)c1ccc(SC(F)F)cc1)C(C)C. The Labute approximate surface area is 122 Å². The lowest BCUT2D eigenvalue weighted by molar-refractivity contribution is 0.0578. The Morgan fingerprint density at radius 2 is 1.80 bits per heavy atom. The van der Waals surface area contributed by atoms with E-state index in [0.717, 1.165) is 0 Å². The third kappa shape index (κ3) is 5.09. The van der Waals surface area contributed by atoms with E-state index in [-0.39, 0.29) is 18.5 Å². The Balaban J connectivity index is 2.84. The van der Waals surface area contributed by atoms with Crippen LogP contribution in [-0.2, 0) is 0 Å². The molecule has 6 heteroatoms. The highest BCUT2D eigenvalue weighted by atomic mass is 32.2. The van der Waals surface area contributed by atoms with Crippen LogP contribution in [0.2, 0.25) is 0 Å². The van der Waals surface area contributed by atoms with Crippen molar-refractivity contribution in [1.82, 2.24) is 4.90 Å². The molecule has 112 valence electrons. The molecule has 1 rings (SSSR count). The monoisotopic (exact) mass is 303 g/mol. The lowest BCUT2D eigenvalue weighted by atomic mass is 10.1. The van der Waals surface area contributed by atoms with Crippen molar-refractivity contribution in [2.45, 2.75) is 43.6 Å². The summed E-state index contributed by atoms with van der Waals surface area (Å²) in [5.41, 5.74) is 0.429. The van der Waals surface area contributed by atoms with E-state index in [1.54, 1.807) is 11.8 Å². The molecule has 1 aromatic rings. The first kappa shape index (κ1) is 16.9. The number of carbonyl (C=O) groups is 1. The zero-order chi connectivity index (χ0) is 15.3. The van der Waals surface area contributed by atoms with Gasteiger partial charge in [-0.25, -0.2) is 0 Å². The molecule has 0 aromatic heterocycles. The van der Waals surface area contributed by atoms with Gasteiger partial charge in [0.05, 0.1) is 6.10 Å². The molecule has 1 amide bonds. The average molecular weight is 303 g/mol. The number of hydrogen-bond acceptors (Lipinski definition) is 3. The van der Waals surface area contributed by atoms with Crippen LogP contribution in [0, 0.1) is 0 Å². The molecule has 0 radical (unpaired) electrons. The third-order valence-electron chi connectivity index (χ3n) is 2.67. The van der Waals surface area contributed by atoms with Gasteiger partial charge in [-0.3, -0.25) is 4.79 Å². The molecule has 0 aliphatic carbocycles. The van der Waals surface area contributed by atoms with Gasteiger partial charge in [0.1, 0.15) is 0 Å². The summed E-state index contributed by atoms with van der Waals surface area (Å²) >= 11 is 0.446. The minimum absolute atomic E-state index is 0.0489. The number of alkyl halides is 2. The second-order valence-electron chi connectivity index (χ2n) is 4.80. The van der Waals surface area contributed by atoms with Crippen LogP contribution in [0.5, 0.6) is 0 Å². The van der Waals surface area contributed by atoms with Gasteiger partial charge < -0.3 is 10.0 Å². The van der Waals surface area contributed by atoms with Crippen molar-refractivity contribution in [3.05, 3.63) is 29.8 Å². The average Bonchev–Trinajstić information content (AvgIpc) is 2.35. The second kappa shape index (κ2) is 7.59. The summed E-state index contributed by atoms with van der Waals surface area (Å²) in [6, 6.07) is 6.03. The normalized spacial score (nSPS) is 12.8. The lowest BCUT2D eigenvalue weighted by Crippen LogP contribution is -2.41. The predicted octanol–water partition coefficient (Wildman–Crippen LogP) is 3.23. The molecule has 0 heterocycles. The Hall–Kier alpha value is -1.14. The molecule has 1 atom stereocenters. The molecule has 20 heavy (non-hydrogen) atoms. The zero-order valence-corrected chi connectivity index (χ0v) is 12.5. The van der Waals surface area contributed by atoms with Crippen molar-refractivity contribution in [2.75, 3.05) is 6.54 Å². The standard InChI is InChI=1S/C14H19F2NO2S/c1-9(2)17(8-10(3)18)13(19)11-4-6-12(7-5-11)20-14(15)16/h4-7,9-10,14,18H,8H2,1-3H3. The molecule has 0 saturated heterocycles. The molecule has 1 unspecified atom stereocenters. The smallest absolute Gasteiger partial charge is 0.288 e. The van der Waals surface area contributed by atoms with Gasteiger partial charge in [0, 0.05) is 23.0 Å².